The number of ether oxygens (including phenoxy) is 2. The van der Waals surface area contributed by atoms with Gasteiger partial charge in [0.2, 0.25) is 0 Å². The maximum absolute atomic E-state index is 6.08. The molecule has 2 aromatic carbocycles. The van der Waals surface area contributed by atoms with E-state index in [9.17, 15) is 0 Å². The van der Waals surface area contributed by atoms with E-state index in [1.165, 1.54) is 76.6 Å². The molecule has 164 valence electrons. The second kappa shape index (κ2) is 13.3. The first kappa shape index (κ1) is 22.7. The number of hydrogen-bond donors (Lipinski definition) is 0. The van der Waals surface area contributed by atoms with Gasteiger partial charge >= 0.3 is 0 Å². The lowest BCUT2D eigenvalue weighted by molar-refractivity contribution is 0.205. The van der Waals surface area contributed by atoms with Gasteiger partial charge < -0.3 is 14.4 Å². The first-order valence-electron chi connectivity index (χ1n) is 12.0. The van der Waals surface area contributed by atoms with E-state index in [2.05, 4.69) is 24.0 Å². The Morgan fingerprint density at radius 2 is 1.43 bits per heavy atom. The Bertz CT molecular complexity index is 680. The molecule has 1 unspecified atom stereocenters. The van der Waals surface area contributed by atoms with E-state index in [-0.39, 0.29) is 6.10 Å². The molecule has 0 saturated carbocycles. The summed E-state index contributed by atoms with van der Waals surface area (Å²) in [6, 6.07) is 18.3. The predicted octanol–water partition coefficient (Wildman–Crippen LogP) is 6.86. The van der Waals surface area contributed by atoms with E-state index in [1.54, 1.807) is 0 Å². The minimum absolute atomic E-state index is 0.259. The molecule has 0 aromatic heterocycles. The van der Waals surface area contributed by atoms with Crippen molar-refractivity contribution in [1.29, 1.82) is 0 Å². The third-order valence-electron chi connectivity index (χ3n) is 5.94. The fraction of sp³-hybridized carbons (Fsp3) is 0.556. The van der Waals surface area contributed by atoms with Crippen LogP contribution in [0, 0.1) is 0 Å². The van der Waals surface area contributed by atoms with Crippen LogP contribution in [0.5, 0.6) is 11.5 Å². The third kappa shape index (κ3) is 8.79. The highest BCUT2D eigenvalue weighted by molar-refractivity contribution is 5.31. The second-order valence-electron chi connectivity index (χ2n) is 8.63. The van der Waals surface area contributed by atoms with Gasteiger partial charge in [0, 0.05) is 0 Å². The van der Waals surface area contributed by atoms with Gasteiger partial charge in [0.1, 0.15) is 18.1 Å². The smallest absolute Gasteiger partial charge is 0.120 e. The molecule has 30 heavy (non-hydrogen) atoms. The van der Waals surface area contributed by atoms with E-state index in [1.807, 2.05) is 42.5 Å². The van der Waals surface area contributed by atoms with Crippen LogP contribution in [0.4, 0.5) is 0 Å². The summed E-state index contributed by atoms with van der Waals surface area (Å²) < 4.78 is 11.9. The fourth-order valence-electron chi connectivity index (χ4n) is 4.13. The summed E-state index contributed by atoms with van der Waals surface area (Å²) in [5, 5.41) is 0. The van der Waals surface area contributed by atoms with Gasteiger partial charge in [-0.25, -0.2) is 0 Å². The summed E-state index contributed by atoms with van der Waals surface area (Å²) in [5.41, 5.74) is 1.18. The molecule has 0 aliphatic carbocycles. The molecular formula is C27H39NO2. The Labute approximate surface area is 183 Å². The number of hydrogen-bond acceptors (Lipinski definition) is 3. The molecule has 0 bridgehead atoms. The summed E-state index contributed by atoms with van der Waals surface area (Å²) in [6.45, 7) is 6.74. The molecular weight excluding hydrogens is 370 g/mol. The maximum atomic E-state index is 6.08. The number of rotatable bonds is 13. The van der Waals surface area contributed by atoms with E-state index < -0.39 is 0 Å². The molecule has 0 radical (unpaired) electrons. The summed E-state index contributed by atoms with van der Waals surface area (Å²) in [6.07, 6.45) is 12.3. The lowest BCUT2D eigenvalue weighted by Gasteiger charge is -2.26. The van der Waals surface area contributed by atoms with Crippen molar-refractivity contribution in [2.75, 3.05) is 19.6 Å². The second-order valence-corrected chi connectivity index (χ2v) is 8.63. The summed E-state index contributed by atoms with van der Waals surface area (Å²) >= 11 is 0. The molecule has 1 aliphatic heterocycles. The van der Waals surface area contributed by atoms with Gasteiger partial charge in [0.25, 0.3) is 0 Å². The summed E-state index contributed by atoms with van der Waals surface area (Å²) in [5.74, 6) is 1.81. The van der Waals surface area contributed by atoms with E-state index >= 15 is 0 Å². The largest absolute Gasteiger partial charge is 0.491 e. The minimum Gasteiger partial charge on any atom is -0.491 e. The van der Waals surface area contributed by atoms with Crippen LogP contribution in [0.3, 0.4) is 0 Å². The SMILES string of the molecule is CC(CCCCCCCN1CCCCC1)Oc1ccc(OCc2ccccc2)cc1. The zero-order valence-electron chi connectivity index (χ0n) is 18.7. The molecule has 3 nitrogen and oxygen atoms in total. The fourth-order valence-corrected chi connectivity index (χ4v) is 4.13. The summed E-state index contributed by atoms with van der Waals surface area (Å²) in [7, 11) is 0. The van der Waals surface area contributed by atoms with Gasteiger partial charge in [-0.15, -0.1) is 0 Å². The molecule has 0 N–H and O–H groups in total. The Morgan fingerprint density at radius 3 is 2.20 bits per heavy atom. The van der Waals surface area contributed by atoms with Crippen molar-refractivity contribution in [3.63, 3.8) is 0 Å². The van der Waals surface area contributed by atoms with Crippen molar-refractivity contribution in [2.45, 2.75) is 77.4 Å². The predicted molar refractivity (Wildman–Crippen MR) is 125 cm³/mol. The normalized spacial score (nSPS) is 15.6. The van der Waals surface area contributed by atoms with Gasteiger partial charge in [0.15, 0.2) is 0 Å². The van der Waals surface area contributed by atoms with Crippen LogP contribution in [0.25, 0.3) is 0 Å². The zero-order valence-corrected chi connectivity index (χ0v) is 18.7. The molecule has 0 amide bonds. The molecule has 2 aromatic rings. The average Bonchev–Trinajstić information content (AvgIpc) is 2.79. The van der Waals surface area contributed by atoms with Crippen LogP contribution in [0.15, 0.2) is 54.6 Å². The number of nitrogens with zero attached hydrogens (tertiary/aromatic N) is 1. The number of benzene rings is 2. The third-order valence-corrected chi connectivity index (χ3v) is 5.94. The van der Waals surface area contributed by atoms with Gasteiger partial charge in [0.05, 0.1) is 6.10 Å². The molecule has 0 spiro atoms. The number of piperidine rings is 1. The molecule has 3 heteroatoms. The van der Waals surface area contributed by atoms with E-state index in [0.717, 1.165) is 17.9 Å². The van der Waals surface area contributed by atoms with Crippen LogP contribution >= 0.6 is 0 Å². The maximum Gasteiger partial charge on any atom is 0.120 e. The van der Waals surface area contributed by atoms with Gasteiger partial charge in [-0.05, 0) is 88.5 Å². The molecule has 1 atom stereocenters. The molecule has 1 heterocycles. The number of likely N-dealkylation sites (tertiary alicyclic amines) is 1. The topological polar surface area (TPSA) is 21.7 Å². The monoisotopic (exact) mass is 409 g/mol. The van der Waals surface area contributed by atoms with Crippen molar-refractivity contribution in [2.24, 2.45) is 0 Å². The van der Waals surface area contributed by atoms with Gasteiger partial charge in [-0.3, -0.25) is 0 Å². The first-order chi connectivity index (χ1) is 14.8. The van der Waals surface area contributed by atoms with Gasteiger partial charge in [-0.2, -0.15) is 0 Å². The van der Waals surface area contributed by atoms with E-state index in [0.29, 0.717) is 6.61 Å². The van der Waals surface area contributed by atoms with Crippen LogP contribution in [-0.2, 0) is 6.61 Å². The highest BCUT2D eigenvalue weighted by Gasteiger charge is 2.09. The molecule has 1 fully saturated rings. The standard InChI is InChI=1S/C27H39NO2/c1-24(13-7-3-2-4-10-20-28-21-11-6-12-22-28)30-27-18-16-26(17-19-27)29-23-25-14-8-5-9-15-25/h5,8-9,14-19,24H,2-4,6-7,10-13,20-23H2,1H3. The lowest BCUT2D eigenvalue weighted by atomic mass is 10.1. The van der Waals surface area contributed by atoms with Crippen LogP contribution in [-0.4, -0.2) is 30.6 Å². The Morgan fingerprint density at radius 1 is 0.767 bits per heavy atom. The Balaban J connectivity index is 1.22. The minimum atomic E-state index is 0.259. The summed E-state index contributed by atoms with van der Waals surface area (Å²) in [4.78, 5) is 2.65. The first-order valence-corrected chi connectivity index (χ1v) is 12.0. The highest BCUT2D eigenvalue weighted by atomic mass is 16.5. The van der Waals surface area contributed by atoms with Crippen molar-refractivity contribution in [3.8, 4) is 11.5 Å². The molecule has 1 saturated heterocycles. The van der Waals surface area contributed by atoms with Crippen molar-refractivity contribution >= 4 is 0 Å². The van der Waals surface area contributed by atoms with Crippen LogP contribution < -0.4 is 9.47 Å². The van der Waals surface area contributed by atoms with E-state index in [4.69, 9.17) is 9.47 Å². The lowest BCUT2D eigenvalue weighted by Crippen LogP contribution is -2.30. The highest BCUT2D eigenvalue weighted by Crippen LogP contribution is 2.21. The average molecular weight is 410 g/mol. The van der Waals surface area contributed by atoms with Gasteiger partial charge in [-0.1, -0.05) is 56.0 Å². The Kier molecular flexibility index (Phi) is 10.1. The van der Waals surface area contributed by atoms with Crippen LogP contribution in [0.1, 0.15) is 70.3 Å². The van der Waals surface area contributed by atoms with Crippen molar-refractivity contribution < 1.29 is 9.47 Å². The van der Waals surface area contributed by atoms with Crippen molar-refractivity contribution in [1.82, 2.24) is 4.90 Å². The quantitative estimate of drug-likeness (QED) is 0.337. The van der Waals surface area contributed by atoms with Crippen LogP contribution in [0.2, 0.25) is 0 Å². The molecule has 3 rings (SSSR count). The zero-order chi connectivity index (χ0) is 20.9. The molecule has 1 aliphatic rings. The Hall–Kier alpha value is -2.00. The number of unbranched alkanes of at least 4 members (excludes halogenated alkanes) is 4. The van der Waals surface area contributed by atoms with Crippen molar-refractivity contribution in [3.05, 3.63) is 60.2 Å².